The molecule has 3 nitrogen and oxygen atoms in total. The molecule has 1 aromatic heterocycles. The highest BCUT2D eigenvalue weighted by Crippen LogP contribution is 1.95. The topological polar surface area (TPSA) is 42.0 Å². The summed E-state index contributed by atoms with van der Waals surface area (Å²) in [6.07, 6.45) is 2.22. The quantitative estimate of drug-likeness (QED) is 0.655. The van der Waals surface area contributed by atoms with Crippen molar-refractivity contribution >= 4 is 12.2 Å². The molecule has 1 amide bonds. The van der Waals surface area contributed by atoms with E-state index >= 15 is 0 Å². The molecule has 0 atom stereocenters. The van der Waals surface area contributed by atoms with Crippen LogP contribution in [0.1, 0.15) is 13.8 Å². The number of nitrogens with zero attached hydrogens (tertiary/aromatic N) is 1. The van der Waals surface area contributed by atoms with Crippen LogP contribution in [-0.2, 0) is 4.79 Å². The van der Waals surface area contributed by atoms with Crippen LogP contribution >= 0.6 is 0 Å². The van der Waals surface area contributed by atoms with Crippen LogP contribution in [-0.4, -0.2) is 11.4 Å². The molecule has 0 aliphatic carbocycles. The summed E-state index contributed by atoms with van der Waals surface area (Å²) in [5.41, 5.74) is 0. The Morgan fingerprint density at radius 3 is 2.64 bits per heavy atom. The van der Waals surface area contributed by atoms with Gasteiger partial charge in [-0.05, 0) is 12.1 Å². The fraction of sp³-hybridized carbons (Fsp3) is 0.250. The van der Waals surface area contributed by atoms with Crippen LogP contribution < -0.4 is 5.32 Å². The predicted octanol–water partition coefficient (Wildman–Crippen LogP) is 1.68. The average Bonchev–Trinajstić information content (AvgIpc) is 2.11. The number of anilines is 1. The molecule has 0 fully saturated rings. The number of nitrogens with one attached hydrogen (secondary N) is 1. The third-order valence-electron chi connectivity index (χ3n) is 0.872. The molecule has 60 valence electrons. The zero-order valence-corrected chi connectivity index (χ0v) is 6.74. The number of hydrogen-bond donors (Lipinski definition) is 1. The Bertz CT molecular complexity index is 187. The van der Waals surface area contributed by atoms with Crippen LogP contribution in [0.5, 0.6) is 0 Å². The molecule has 1 N–H and O–H groups in total. The molecule has 3 heteroatoms. The lowest BCUT2D eigenvalue weighted by atomic mass is 10.5. The van der Waals surface area contributed by atoms with E-state index in [1.54, 1.807) is 24.4 Å². The maximum atomic E-state index is 9.82. The zero-order valence-electron chi connectivity index (χ0n) is 6.74. The minimum absolute atomic E-state index is 0.576. The Labute approximate surface area is 66.5 Å². The summed E-state index contributed by atoms with van der Waals surface area (Å²) in [7, 11) is 0. The lowest BCUT2D eigenvalue weighted by Crippen LogP contribution is -1.94. The standard InChI is InChI=1S/C6H6N2O.C2H6/c9-5-8-6-3-1-2-4-7-6;1-2/h1-5H,(H,7,8,9);1-2H3. The van der Waals surface area contributed by atoms with Crippen molar-refractivity contribution in [3.63, 3.8) is 0 Å². The average molecular weight is 152 g/mol. The van der Waals surface area contributed by atoms with E-state index in [1.165, 1.54) is 0 Å². The molecule has 0 saturated heterocycles. The number of carbonyl (C=O) groups excluding carboxylic acids is 1. The van der Waals surface area contributed by atoms with Gasteiger partial charge in [0.2, 0.25) is 6.41 Å². The smallest absolute Gasteiger partial charge is 0.212 e. The number of amides is 1. The Morgan fingerprint density at radius 2 is 2.18 bits per heavy atom. The molecule has 1 rings (SSSR count). The van der Waals surface area contributed by atoms with Gasteiger partial charge in [-0.1, -0.05) is 19.9 Å². The van der Waals surface area contributed by atoms with Crippen molar-refractivity contribution < 1.29 is 4.79 Å². The minimum Gasteiger partial charge on any atom is -0.313 e. The molecule has 0 spiro atoms. The monoisotopic (exact) mass is 152 g/mol. The van der Waals surface area contributed by atoms with E-state index in [0.29, 0.717) is 12.2 Å². The number of rotatable bonds is 2. The second-order valence-corrected chi connectivity index (χ2v) is 1.48. The highest BCUT2D eigenvalue weighted by atomic mass is 16.1. The van der Waals surface area contributed by atoms with Gasteiger partial charge < -0.3 is 5.32 Å². The Hall–Kier alpha value is -1.38. The molecule has 0 aliphatic rings. The molecule has 0 unspecified atom stereocenters. The normalized spacial score (nSPS) is 7.45. The number of hydrogen-bond acceptors (Lipinski definition) is 2. The van der Waals surface area contributed by atoms with Gasteiger partial charge in [-0.25, -0.2) is 4.98 Å². The van der Waals surface area contributed by atoms with Gasteiger partial charge in [0.1, 0.15) is 5.82 Å². The first-order valence-electron chi connectivity index (χ1n) is 3.54. The zero-order chi connectivity index (χ0) is 8.53. The molecule has 11 heavy (non-hydrogen) atoms. The van der Waals surface area contributed by atoms with E-state index in [-0.39, 0.29) is 0 Å². The van der Waals surface area contributed by atoms with Crippen LogP contribution in [0.4, 0.5) is 5.82 Å². The molecular formula is C8H12N2O. The van der Waals surface area contributed by atoms with E-state index in [1.807, 2.05) is 13.8 Å². The summed E-state index contributed by atoms with van der Waals surface area (Å²) in [6, 6.07) is 5.31. The van der Waals surface area contributed by atoms with E-state index in [2.05, 4.69) is 10.3 Å². The maximum Gasteiger partial charge on any atom is 0.212 e. The first kappa shape index (κ1) is 9.62. The predicted molar refractivity (Wildman–Crippen MR) is 45.3 cm³/mol. The fourth-order valence-corrected chi connectivity index (χ4v) is 0.509. The van der Waals surface area contributed by atoms with Crippen molar-refractivity contribution in [2.75, 3.05) is 5.32 Å². The number of carbonyl (C=O) groups is 1. The van der Waals surface area contributed by atoms with Crippen molar-refractivity contribution in [1.29, 1.82) is 0 Å². The van der Waals surface area contributed by atoms with Gasteiger partial charge >= 0.3 is 0 Å². The van der Waals surface area contributed by atoms with Crippen molar-refractivity contribution in [1.82, 2.24) is 4.98 Å². The Kier molecular flexibility index (Phi) is 5.89. The maximum absolute atomic E-state index is 9.82. The summed E-state index contributed by atoms with van der Waals surface area (Å²) in [6.45, 7) is 4.00. The van der Waals surface area contributed by atoms with Gasteiger partial charge in [-0.3, -0.25) is 4.79 Å². The molecule has 0 saturated carbocycles. The molecule has 0 aromatic carbocycles. The lowest BCUT2D eigenvalue weighted by molar-refractivity contribution is -0.105. The summed E-state index contributed by atoms with van der Waals surface area (Å²) >= 11 is 0. The Balaban J connectivity index is 0.000000461. The highest BCUT2D eigenvalue weighted by Gasteiger charge is 1.83. The van der Waals surface area contributed by atoms with Gasteiger partial charge in [-0.15, -0.1) is 0 Å². The van der Waals surface area contributed by atoms with E-state index in [4.69, 9.17) is 0 Å². The first-order valence-corrected chi connectivity index (χ1v) is 3.54. The summed E-state index contributed by atoms with van der Waals surface area (Å²) < 4.78 is 0. The molecule has 0 bridgehead atoms. The largest absolute Gasteiger partial charge is 0.313 e. The van der Waals surface area contributed by atoms with Crippen LogP contribution in [0.2, 0.25) is 0 Å². The van der Waals surface area contributed by atoms with Gasteiger partial charge in [0.15, 0.2) is 0 Å². The van der Waals surface area contributed by atoms with Crippen molar-refractivity contribution in [3.05, 3.63) is 24.4 Å². The lowest BCUT2D eigenvalue weighted by Gasteiger charge is -1.91. The van der Waals surface area contributed by atoms with Crippen LogP contribution in [0.3, 0.4) is 0 Å². The molecule has 1 heterocycles. The molecule has 0 aliphatic heterocycles. The van der Waals surface area contributed by atoms with E-state index in [0.717, 1.165) is 0 Å². The van der Waals surface area contributed by atoms with Crippen molar-refractivity contribution in [2.45, 2.75) is 13.8 Å². The van der Waals surface area contributed by atoms with E-state index < -0.39 is 0 Å². The highest BCUT2D eigenvalue weighted by molar-refractivity contribution is 5.68. The molecular weight excluding hydrogens is 140 g/mol. The van der Waals surface area contributed by atoms with Crippen molar-refractivity contribution in [2.24, 2.45) is 0 Å². The van der Waals surface area contributed by atoms with Gasteiger partial charge in [0.05, 0.1) is 0 Å². The fourth-order valence-electron chi connectivity index (χ4n) is 0.509. The summed E-state index contributed by atoms with van der Waals surface area (Å²) in [5, 5.41) is 2.42. The summed E-state index contributed by atoms with van der Waals surface area (Å²) in [4.78, 5) is 13.6. The van der Waals surface area contributed by atoms with Gasteiger partial charge in [0, 0.05) is 6.20 Å². The molecule has 1 aromatic rings. The van der Waals surface area contributed by atoms with Gasteiger partial charge in [0.25, 0.3) is 0 Å². The third-order valence-corrected chi connectivity index (χ3v) is 0.872. The second kappa shape index (κ2) is 6.74. The summed E-state index contributed by atoms with van der Waals surface area (Å²) in [5.74, 6) is 0.576. The van der Waals surface area contributed by atoms with Gasteiger partial charge in [-0.2, -0.15) is 0 Å². The molecule has 0 radical (unpaired) electrons. The van der Waals surface area contributed by atoms with Crippen LogP contribution in [0.15, 0.2) is 24.4 Å². The minimum atomic E-state index is 0.576. The van der Waals surface area contributed by atoms with Crippen LogP contribution in [0, 0.1) is 0 Å². The Morgan fingerprint density at radius 1 is 1.45 bits per heavy atom. The SMILES string of the molecule is CC.O=CNc1ccccn1. The number of pyridine rings is 1. The van der Waals surface area contributed by atoms with Crippen LogP contribution in [0.25, 0.3) is 0 Å². The van der Waals surface area contributed by atoms with Crippen molar-refractivity contribution in [3.8, 4) is 0 Å². The third kappa shape index (κ3) is 4.08. The first-order chi connectivity index (χ1) is 5.43. The second-order valence-electron chi connectivity index (χ2n) is 1.48. The number of aromatic nitrogens is 1. The van der Waals surface area contributed by atoms with E-state index in [9.17, 15) is 4.79 Å².